The van der Waals surface area contributed by atoms with Crippen molar-refractivity contribution in [2.75, 3.05) is 49.0 Å². The van der Waals surface area contributed by atoms with Gasteiger partial charge in [-0.2, -0.15) is 0 Å². The van der Waals surface area contributed by atoms with Gasteiger partial charge in [-0.05, 0) is 38.3 Å². The minimum atomic E-state index is -1.36. The number of benzene rings is 1. The van der Waals surface area contributed by atoms with Crippen LogP contribution in [0.3, 0.4) is 0 Å². The summed E-state index contributed by atoms with van der Waals surface area (Å²) in [5, 5.41) is 16.7. The van der Waals surface area contributed by atoms with E-state index in [4.69, 9.17) is 18.9 Å². The van der Waals surface area contributed by atoms with Gasteiger partial charge in [-0.15, -0.1) is 0 Å². The summed E-state index contributed by atoms with van der Waals surface area (Å²) in [6.45, 7) is 5.83. The molecule has 4 heterocycles. The monoisotopic (exact) mass is 707 g/mol. The lowest BCUT2D eigenvalue weighted by Gasteiger charge is -2.31. The van der Waals surface area contributed by atoms with Crippen molar-refractivity contribution in [3.63, 3.8) is 0 Å². The third-order valence-electron chi connectivity index (χ3n) is 8.37. The van der Waals surface area contributed by atoms with Gasteiger partial charge < -0.3 is 48.7 Å². The molecule has 1 fully saturated rings. The number of rotatable bonds is 13. The molecule has 5 rings (SSSR count). The third kappa shape index (κ3) is 7.82. The van der Waals surface area contributed by atoms with Crippen LogP contribution in [0.15, 0.2) is 43.2 Å². The normalized spacial score (nSPS) is 16.5. The number of aromatic nitrogens is 3. The molecule has 1 saturated heterocycles. The first-order valence-electron chi connectivity index (χ1n) is 16.4. The van der Waals surface area contributed by atoms with E-state index in [1.165, 1.54) is 46.7 Å². The van der Waals surface area contributed by atoms with Crippen molar-refractivity contribution >= 4 is 47.0 Å². The molecule has 2 atom stereocenters. The van der Waals surface area contributed by atoms with Gasteiger partial charge in [0.1, 0.15) is 12.3 Å². The number of fused-ring (bicyclic) bond motifs is 2. The van der Waals surface area contributed by atoms with Crippen LogP contribution in [0.25, 0.3) is 0 Å². The molecule has 3 aromatic rings. The Morgan fingerprint density at radius 2 is 1.86 bits per heavy atom. The van der Waals surface area contributed by atoms with Crippen LogP contribution in [-0.4, -0.2) is 99.7 Å². The van der Waals surface area contributed by atoms with Crippen molar-refractivity contribution in [2.45, 2.75) is 44.9 Å². The number of carbonyl (C=O) groups excluding carboxylic acids is 5. The molecule has 0 radical (unpaired) electrons. The second-order valence-corrected chi connectivity index (χ2v) is 11.8. The minimum absolute atomic E-state index is 0.0385. The number of hydrogen-bond donors (Lipinski definition) is 3. The maximum absolute atomic E-state index is 13.5. The molecule has 2 aromatic heterocycles. The first-order valence-corrected chi connectivity index (χ1v) is 16.4. The number of aryl methyl sites for hydroxylation is 2. The van der Waals surface area contributed by atoms with Crippen LogP contribution in [-0.2, 0) is 28.4 Å². The SMILES string of the molecule is C=CCOC(=O)N1c2cc(OCCCC(=O)Nc3cc(C(=O)Nc4cn(C)c(C(=O)OCC)n4)n(C)c3)c(OC)cc2C(=O)N2CCC[C@H]2C1O. The summed E-state index contributed by atoms with van der Waals surface area (Å²) in [6.07, 6.45) is 3.78. The van der Waals surface area contributed by atoms with E-state index in [9.17, 15) is 29.1 Å². The second-order valence-electron chi connectivity index (χ2n) is 11.8. The summed E-state index contributed by atoms with van der Waals surface area (Å²) in [5.41, 5.74) is 0.881. The van der Waals surface area contributed by atoms with Gasteiger partial charge in [-0.3, -0.25) is 14.4 Å². The summed E-state index contributed by atoms with van der Waals surface area (Å²) in [5.74, 6) is -1.18. The molecule has 0 aliphatic carbocycles. The lowest BCUT2D eigenvalue weighted by Crippen LogP contribution is -2.50. The zero-order chi connectivity index (χ0) is 36.8. The van der Waals surface area contributed by atoms with Gasteiger partial charge >= 0.3 is 12.1 Å². The van der Waals surface area contributed by atoms with Gasteiger partial charge in [0.15, 0.2) is 23.5 Å². The molecule has 4 amide bonds. The highest BCUT2D eigenvalue weighted by atomic mass is 16.6. The van der Waals surface area contributed by atoms with E-state index >= 15 is 0 Å². The average molecular weight is 708 g/mol. The molecule has 272 valence electrons. The molecule has 0 spiro atoms. The smallest absolute Gasteiger partial charge is 0.416 e. The largest absolute Gasteiger partial charge is 0.493 e. The number of amides is 4. The molecule has 0 bridgehead atoms. The molecule has 2 aliphatic heterocycles. The van der Waals surface area contributed by atoms with Crippen LogP contribution in [0.5, 0.6) is 11.5 Å². The number of aliphatic hydroxyl groups is 1. The highest BCUT2D eigenvalue weighted by molar-refractivity contribution is 6.06. The van der Waals surface area contributed by atoms with Crippen LogP contribution in [0.2, 0.25) is 0 Å². The first-order chi connectivity index (χ1) is 24.5. The zero-order valence-electron chi connectivity index (χ0n) is 28.8. The fourth-order valence-corrected chi connectivity index (χ4v) is 6.01. The molecular formula is C34H41N7O10. The number of aliphatic hydroxyl groups excluding tert-OH is 1. The maximum atomic E-state index is 13.5. The van der Waals surface area contributed by atoms with E-state index < -0.39 is 30.2 Å². The number of ether oxygens (including phenoxy) is 4. The van der Waals surface area contributed by atoms with E-state index in [2.05, 4.69) is 22.2 Å². The van der Waals surface area contributed by atoms with Crippen molar-refractivity contribution in [3.05, 3.63) is 60.3 Å². The molecule has 17 heteroatoms. The molecule has 17 nitrogen and oxygen atoms in total. The summed E-state index contributed by atoms with van der Waals surface area (Å²) in [7, 11) is 4.66. The topological polar surface area (TPSA) is 196 Å². The fourth-order valence-electron chi connectivity index (χ4n) is 6.01. The number of methoxy groups -OCH3 is 1. The third-order valence-corrected chi connectivity index (χ3v) is 8.37. The standard InChI is InChI=1S/C34H41N7O10/c1-6-13-51-34(47)41-23-17-26(25(48-5)16-21(23)31(44)40-12-8-10-22(40)32(41)45)50-14-9-11-28(42)35-20-15-24(38(3)18-20)30(43)37-27-19-39(4)29(36-27)33(46)49-7-2/h6,15-19,22,32,45H,1,7-14H2,2-5H3,(H,35,42)(H,37,43)/t22-,32?/m0/s1. The van der Waals surface area contributed by atoms with E-state index in [0.717, 1.165) is 4.90 Å². The summed E-state index contributed by atoms with van der Waals surface area (Å²) in [6, 6.07) is 3.81. The van der Waals surface area contributed by atoms with Crippen molar-refractivity contribution in [3.8, 4) is 11.5 Å². The maximum Gasteiger partial charge on any atom is 0.416 e. The number of esters is 1. The van der Waals surface area contributed by atoms with Crippen LogP contribution < -0.4 is 25.0 Å². The Bertz CT molecular complexity index is 1830. The Morgan fingerprint density at radius 1 is 1.08 bits per heavy atom. The second kappa shape index (κ2) is 15.8. The predicted molar refractivity (Wildman–Crippen MR) is 183 cm³/mol. The summed E-state index contributed by atoms with van der Waals surface area (Å²) < 4.78 is 24.7. The van der Waals surface area contributed by atoms with Crippen LogP contribution in [0.1, 0.15) is 64.1 Å². The van der Waals surface area contributed by atoms with Gasteiger partial charge in [0.25, 0.3) is 11.8 Å². The highest BCUT2D eigenvalue weighted by Gasteiger charge is 2.45. The number of nitrogens with one attached hydrogen (secondary N) is 2. The Morgan fingerprint density at radius 3 is 2.59 bits per heavy atom. The fraction of sp³-hybridized carbons (Fsp3) is 0.412. The lowest BCUT2D eigenvalue weighted by molar-refractivity contribution is -0.116. The van der Waals surface area contributed by atoms with Gasteiger partial charge in [0.05, 0.1) is 43.3 Å². The number of anilines is 3. The van der Waals surface area contributed by atoms with Crippen LogP contribution >= 0.6 is 0 Å². The van der Waals surface area contributed by atoms with Crippen LogP contribution in [0, 0.1) is 0 Å². The van der Waals surface area contributed by atoms with Gasteiger partial charge in [0.2, 0.25) is 11.7 Å². The first kappa shape index (κ1) is 36.4. The quantitative estimate of drug-likeness (QED) is 0.134. The Kier molecular flexibility index (Phi) is 11.3. The Balaban J connectivity index is 1.21. The average Bonchev–Trinajstić information content (AvgIpc) is 3.82. The van der Waals surface area contributed by atoms with Crippen molar-refractivity contribution in [1.29, 1.82) is 0 Å². The molecule has 51 heavy (non-hydrogen) atoms. The van der Waals surface area contributed by atoms with Crippen molar-refractivity contribution in [1.82, 2.24) is 19.0 Å². The van der Waals surface area contributed by atoms with Crippen molar-refractivity contribution < 1.29 is 48.0 Å². The lowest BCUT2D eigenvalue weighted by atomic mass is 10.1. The van der Waals surface area contributed by atoms with E-state index in [0.29, 0.717) is 25.1 Å². The van der Waals surface area contributed by atoms with Gasteiger partial charge in [-0.25, -0.2) is 19.5 Å². The number of imidazole rings is 1. The molecule has 1 unspecified atom stereocenters. The number of hydrogen-bond acceptors (Lipinski definition) is 11. The van der Waals surface area contributed by atoms with E-state index in [1.807, 2.05) is 0 Å². The van der Waals surface area contributed by atoms with Crippen LogP contribution in [0.4, 0.5) is 22.0 Å². The molecular weight excluding hydrogens is 666 g/mol. The minimum Gasteiger partial charge on any atom is -0.493 e. The molecule has 2 aliphatic rings. The molecule has 3 N–H and O–H groups in total. The number of carbonyl (C=O) groups is 5. The Hall–Kier alpha value is -5.84. The molecule has 1 aromatic carbocycles. The van der Waals surface area contributed by atoms with Gasteiger partial charge in [-0.1, -0.05) is 12.7 Å². The predicted octanol–water partition coefficient (Wildman–Crippen LogP) is 3.06. The summed E-state index contributed by atoms with van der Waals surface area (Å²) in [4.78, 5) is 71.2. The summed E-state index contributed by atoms with van der Waals surface area (Å²) >= 11 is 0. The molecule has 0 saturated carbocycles. The van der Waals surface area contributed by atoms with E-state index in [1.54, 1.807) is 32.1 Å². The number of nitrogens with zero attached hydrogens (tertiary/aromatic N) is 5. The van der Waals surface area contributed by atoms with Gasteiger partial charge in [0, 0.05) is 45.5 Å². The van der Waals surface area contributed by atoms with E-state index in [-0.39, 0.29) is 84.6 Å². The Labute approximate surface area is 293 Å². The highest BCUT2D eigenvalue weighted by Crippen LogP contribution is 2.41. The zero-order valence-corrected chi connectivity index (χ0v) is 28.8. The van der Waals surface area contributed by atoms with Crippen molar-refractivity contribution in [2.24, 2.45) is 14.1 Å².